The number of rotatable bonds is 5. The normalized spacial score (nSPS) is 26.0. The molecule has 0 aromatic heterocycles. The Kier molecular flexibility index (Phi) is 4.34. The molecule has 1 atom stereocenters. The predicted molar refractivity (Wildman–Crippen MR) is 69.8 cm³/mol. The minimum Gasteiger partial charge on any atom is -0.300 e. The summed E-state index contributed by atoms with van der Waals surface area (Å²) in [5, 5.41) is -0.473. The molecule has 0 bridgehead atoms. The molecule has 2 rings (SSSR count). The molecule has 0 amide bonds. The second-order valence-electron chi connectivity index (χ2n) is 5.15. The van der Waals surface area contributed by atoms with E-state index in [1.807, 2.05) is 0 Å². The fourth-order valence-corrected chi connectivity index (χ4v) is 3.98. The van der Waals surface area contributed by atoms with Crippen molar-refractivity contribution < 1.29 is 8.42 Å². The van der Waals surface area contributed by atoms with Crippen molar-refractivity contribution in [3.05, 3.63) is 0 Å². The molecule has 1 saturated heterocycles. The molecule has 1 aliphatic carbocycles. The van der Waals surface area contributed by atoms with Gasteiger partial charge in [-0.1, -0.05) is 0 Å². The number of hydrogen-bond acceptors (Lipinski definition) is 3. The summed E-state index contributed by atoms with van der Waals surface area (Å²) in [5.41, 5.74) is 0. The highest BCUT2D eigenvalue weighted by atomic mass is 35.5. The van der Waals surface area contributed by atoms with Gasteiger partial charge in [-0.05, 0) is 25.7 Å². The van der Waals surface area contributed by atoms with Crippen molar-refractivity contribution in [1.82, 2.24) is 9.21 Å². The van der Waals surface area contributed by atoms with Crippen molar-refractivity contribution in [2.45, 2.75) is 25.0 Å². The van der Waals surface area contributed by atoms with Gasteiger partial charge in [-0.15, -0.1) is 11.6 Å². The first-order chi connectivity index (χ1) is 8.04. The van der Waals surface area contributed by atoms with Gasteiger partial charge in [0.2, 0.25) is 10.0 Å². The van der Waals surface area contributed by atoms with Gasteiger partial charge < -0.3 is 4.90 Å². The molecule has 17 heavy (non-hydrogen) atoms. The van der Waals surface area contributed by atoms with Crippen LogP contribution >= 0.6 is 11.6 Å². The zero-order valence-corrected chi connectivity index (χ0v) is 11.9. The summed E-state index contributed by atoms with van der Waals surface area (Å²) in [5.74, 6) is 1.05. The first kappa shape index (κ1) is 13.6. The lowest BCUT2D eigenvalue weighted by Gasteiger charge is -2.35. The first-order valence-corrected chi connectivity index (χ1v) is 8.35. The fourth-order valence-electron chi connectivity index (χ4n) is 2.17. The average molecular weight is 281 g/mol. The van der Waals surface area contributed by atoms with Gasteiger partial charge in [-0.25, -0.2) is 8.42 Å². The Morgan fingerprint density at radius 2 is 1.82 bits per heavy atom. The molecule has 1 unspecified atom stereocenters. The van der Waals surface area contributed by atoms with E-state index in [9.17, 15) is 8.42 Å². The van der Waals surface area contributed by atoms with Crippen LogP contribution in [0.1, 0.15) is 19.8 Å². The summed E-state index contributed by atoms with van der Waals surface area (Å²) >= 11 is 5.65. The second-order valence-corrected chi connectivity index (χ2v) is 7.81. The number of alkyl halides is 1. The van der Waals surface area contributed by atoms with E-state index in [4.69, 9.17) is 11.6 Å². The van der Waals surface area contributed by atoms with Crippen LogP contribution in [0.5, 0.6) is 0 Å². The number of hydrogen-bond donors (Lipinski definition) is 0. The summed E-state index contributed by atoms with van der Waals surface area (Å²) in [6.45, 7) is 5.81. The molecule has 2 fully saturated rings. The lowest BCUT2D eigenvalue weighted by atomic mass is 10.3. The van der Waals surface area contributed by atoms with Crippen molar-refractivity contribution in [1.29, 1.82) is 0 Å². The molecule has 2 aliphatic rings. The van der Waals surface area contributed by atoms with Gasteiger partial charge in [-0.3, -0.25) is 0 Å². The Balaban J connectivity index is 1.85. The molecule has 0 aromatic rings. The lowest BCUT2D eigenvalue weighted by Crippen LogP contribution is -2.51. The molecule has 0 radical (unpaired) electrons. The van der Waals surface area contributed by atoms with Crippen LogP contribution in [0.25, 0.3) is 0 Å². The van der Waals surface area contributed by atoms with Gasteiger partial charge in [0.25, 0.3) is 0 Å². The highest BCUT2D eigenvalue weighted by molar-refractivity contribution is 7.89. The highest BCUT2D eigenvalue weighted by Crippen LogP contribution is 2.30. The summed E-state index contributed by atoms with van der Waals surface area (Å²) in [6, 6.07) is 0. The predicted octanol–water partition coefficient (Wildman–Crippen LogP) is 0.971. The van der Waals surface area contributed by atoms with Crippen LogP contribution in [0.3, 0.4) is 0 Å². The largest absolute Gasteiger partial charge is 0.300 e. The molecule has 6 heteroatoms. The maximum Gasteiger partial charge on any atom is 0.217 e. The standard InChI is InChI=1S/C11H21ClN2O2S/c1-10(8-12)17(15,16)14-6-4-13(5-7-14)9-11-2-3-11/h10-11H,2-9H2,1H3. The van der Waals surface area contributed by atoms with E-state index in [-0.39, 0.29) is 5.88 Å². The van der Waals surface area contributed by atoms with Gasteiger partial charge in [-0.2, -0.15) is 4.31 Å². The maximum atomic E-state index is 12.1. The van der Waals surface area contributed by atoms with Crippen molar-refractivity contribution in [3.63, 3.8) is 0 Å². The van der Waals surface area contributed by atoms with Gasteiger partial charge in [0.15, 0.2) is 0 Å². The zero-order chi connectivity index (χ0) is 12.5. The van der Waals surface area contributed by atoms with Gasteiger partial charge in [0.05, 0.1) is 5.25 Å². The third-order valence-electron chi connectivity index (χ3n) is 3.63. The van der Waals surface area contributed by atoms with Crippen LogP contribution in [0, 0.1) is 5.92 Å². The van der Waals surface area contributed by atoms with Crippen LogP contribution in [0.15, 0.2) is 0 Å². The molecule has 100 valence electrons. The summed E-state index contributed by atoms with van der Waals surface area (Å²) in [6.07, 6.45) is 2.70. The molecule has 1 aliphatic heterocycles. The molecule has 0 N–H and O–H groups in total. The smallest absolute Gasteiger partial charge is 0.217 e. The van der Waals surface area contributed by atoms with E-state index in [2.05, 4.69) is 4.90 Å². The fraction of sp³-hybridized carbons (Fsp3) is 1.00. The molecule has 1 heterocycles. The van der Waals surface area contributed by atoms with E-state index >= 15 is 0 Å². The van der Waals surface area contributed by atoms with Crippen molar-refractivity contribution >= 4 is 21.6 Å². The van der Waals surface area contributed by atoms with Gasteiger partial charge in [0, 0.05) is 38.6 Å². The van der Waals surface area contributed by atoms with Crippen LogP contribution in [0.4, 0.5) is 0 Å². The monoisotopic (exact) mass is 280 g/mol. The Morgan fingerprint density at radius 1 is 1.24 bits per heavy atom. The van der Waals surface area contributed by atoms with Crippen LogP contribution in [-0.4, -0.2) is 61.5 Å². The minimum absolute atomic E-state index is 0.171. The summed E-state index contributed by atoms with van der Waals surface area (Å²) in [4.78, 5) is 2.38. The minimum atomic E-state index is -3.17. The average Bonchev–Trinajstić information content (AvgIpc) is 3.12. The first-order valence-electron chi connectivity index (χ1n) is 6.31. The number of halogens is 1. The Labute approximate surface area is 109 Å². The Bertz CT molecular complexity index is 348. The zero-order valence-electron chi connectivity index (χ0n) is 10.3. The molecule has 0 aromatic carbocycles. The topological polar surface area (TPSA) is 40.6 Å². The number of sulfonamides is 1. The summed E-state index contributed by atoms with van der Waals surface area (Å²) < 4.78 is 25.8. The van der Waals surface area contributed by atoms with E-state index in [1.54, 1.807) is 11.2 Å². The van der Waals surface area contributed by atoms with Crippen LogP contribution in [0.2, 0.25) is 0 Å². The second kappa shape index (κ2) is 5.43. The highest BCUT2D eigenvalue weighted by Gasteiger charge is 2.32. The molecular formula is C11H21ClN2O2S. The third-order valence-corrected chi connectivity index (χ3v) is 6.54. The molecule has 1 saturated carbocycles. The molecule has 4 nitrogen and oxygen atoms in total. The number of nitrogens with zero attached hydrogens (tertiary/aromatic N) is 2. The van der Waals surface area contributed by atoms with E-state index < -0.39 is 15.3 Å². The van der Waals surface area contributed by atoms with Gasteiger partial charge >= 0.3 is 0 Å². The lowest BCUT2D eigenvalue weighted by molar-refractivity contribution is 0.181. The van der Waals surface area contributed by atoms with E-state index in [0.717, 1.165) is 25.6 Å². The van der Waals surface area contributed by atoms with E-state index in [0.29, 0.717) is 13.1 Å². The maximum absolute atomic E-state index is 12.1. The number of piperazine rings is 1. The van der Waals surface area contributed by atoms with Gasteiger partial charge in [0.1, 0.15) is 0 Å². The quantitative estimate of drug-likeness (QED) is 0.705. The van der Waals surface area contributed by atoms with E-state index in [1.165, 1.54) is 12.8 Å². The van der Waals surface area contributed by atoms with Crippen LogP contribution in [-0.2, 0) is 10.0 Å². The van der Waals surface area contributed by atoms with Crippen LogP contribution < -0.4 is 0 Å². The van der Waals surface area contributed by atoms with Crippen molar-refractivity contribution in [3.8, 4) is 0 Å². The molecule has 0 spiro atoms. The Hall–Kier alpha value is 0.160. The molecular weight excluding hydrogens is 260 g/mol. The van der Waals surface area contributed by atoms with Crippen molar-refractivity contribution in [2.75, 3.05) is 38.6 Å². The van der Waals surface area contributed by atoms with Crippen molar-refractivity contribution in [2.24, 2.45) is 5.92 Å². The third kappa shape index (κ3) is 3.34. The summed E-state index contributed by atoms with van der Waals surface area (Å²) in [7, 11) is -3.17. The SMILES string of the molecule is CC(CCl)S(=O)(=O)N1CCN(CC2CC2)CC1. The Morgan fingerprint density at radius 3 is 2.29 bits per heavy atom.